The summed E-state index contributed by atoms with van der Waals surface area (Å²) in [5, 5.41) is 21.8. The first-order valence-corrected chi connectivity index (χ1v) is 22.0. The van der Waals surface area contributed by atoms with Crippen LogP contribution in [0.3, 0.4) is 0 Å². The van der Waals surface area contributed by atoms with Crippen molar-refractivity contribution < 1.29 is 48.0 Å². The SMILES string of the molecule is CC(=O)O[C@@H](C)/C=C\C(=O)N[C@@H]1C[C@H](C)[C@H](C/C=C(\C)CC(C)[C@H]2O[C@H](CC(=O)N/N=C(\C)c3ccc(OCCCCCNC(=O)CBr)cc3)C[C@@]3(CO3)[C@@H]2O)O[C@@H]1C. The molecule has 3 amide bonds. The van der Waals surface area contributed by atoms with Crippen molar-refractivity contribution in [1.29, 1.82) is 0 Å². The monoisotopic (exact) mass is 888 g/mol. The fraction of sp³-hybridized carbons (Fsp3) is 0.659. The standard InChI is InChI=1S/C44H65BrN4O10/c1-27(11-17-38-28(2)22-37(32(6)58-38)47-39(51)18-12-30(4)57-33(7)50)21-29(3)42-43(54)44(26-56-44)24-36(59-42)23-40(52)49-48-31(5)34-13-15-35(16-14-34)55-20-10-8-9-19-46-41(53)25-45/h11-16,18,28-30,32,36-38,42-43,54H,8-10,17,19-26H2,1-7H3,(H,46,53)(H,47,51)(H,49,52)/b18-12-,27-11+,48-31+/t28-,29?,30-,32+,36+,37+,38-,42+,43+,44+/m0/s1. The van der Waals surface area contributed by atoms with Gasteiger partial charge in [0, 0.05) is 26.0 Å². The summed E-state index contributed by atoms with van der Waals surface area (Å²) in [7, 11) is 0. The molecule has 3 saturated heterocycles. The molecule has 1 aromatic carbocycles. The van der Waals surface area contributed by atoms with Crippen molar-refractivity contribution in [1.82, 2.24) is 16.1 Å². The summed E-state index contributed by atoms with van der Waals surface area (Å²) < 4.78 is 29.5. The fourth-order valence-corrected chi connectivity index (χ4v) is 7.91. The Hall–Kier alpha value is -3.63. The number of carbonyl (C=O) groups is 4. The predicted molar refractivity (Wildman–Crippen MR) is 228 cm³/mol. The normalized spacial score (nSPS) is 28.1. The third-order valence-corrected chi connectivity index (χ3v) is 11.7. The van der Waals surface area contributed by atoms with Crippen LogP contribution in [0.1, 0.15) is 105 Å². The number of unbranched alkanes of at least 4 members (excludes halogenated alkanes) is 2. The van der Waals surface area contributed by atoms with Gasteiger partial charge in [0.15, 0.2) is 0 Å². The minimum absolute atomic E-state index is 0.00888. The Labute approximate surface area is 357 Å². The molecule has 10 atom stereocenters. The van der Waals surface area contributed by atoms with Gasteiger partial charge in [0.05, 0.1) is 61.1 Å². The average Bonchev–Trinajstić information content (AvgIpc) is 3.97. The summed E-state index contributed by atoms with van der Waals surface area (Å²) in [5.41, 5.74) is 4.63. The number of carbonyl (C=O) groups excluding carboxylic acids is 4. The van der Waals surface area contributed by atoms with Gasteiger partial charge in [0.25, 0.3) is 0 Å². The van der Waals surface area contributed by atoms with Crippen LogP contribution in [0, 0.1) is 11.8 Å². The van der Waals surface area contributed by atoms with E-state index in [0.717, 1.165) is 42.6 Å². The molecule has 0 radical (unpaired) electrons. The van der Waals surface area contributed by atoms with E-state index >= 15 is 0 Å². The molecule has 3 heterocycles. The van der Waals surface area contributed by atoms with Crippen molar-refractivity contribution in [2.45, 2.75) is 148 Å². The van der Waals surface area contributed by atoms with Gasteiger partial charge in [-0.3, -0.25) is 19.2 Å². The van der Waals surface area contributed by atoms with Crippen LogP contribution >= 0.6 is 15.9 Å². The largest absolute Gasteiger partial charge is 0.494 e. The van der Waals surface area contributed by atoms with E-state index in [9.17, 15) is 24.3 Å². The summed E-state index contributed by atoms with van der Waals surface area (Å²) in [6.07, 6.45) is 8.14. The number of allylic oxidation sites excluding steroid dienone is 1. The molecule has 59 heavy (non-hydrogen) atoms. The van der Waals surface area contributed by atoms with Crippen molar-refractivity contribution in [3.8, 4) is 5.75 Å². The molecule has 3 aliphatic rings. The van der Waals surface area contributed by atoms with Crippen LogP contribution in [0.15, 0.2) is 53.2 Å². The highest BCUT2D eigenvalue weighted by Crippen LogP contribution is 2.45. The molecule has 3 fully saturated rings. The number of rotatable bonds is 21. The number of alkyl halides is 1. The third kappa shape index (κ3) is 15.7. The van der Waals surface area contributed by atoms with E-state index in [4.69, 9.17) is 23.7 Å². The van der Waals surface area contributed by atoms with Crippen LogP contribution < -0.4 is 20.8 Å². The molecular formula is C44H65BrN4O10. The van der Waals surface area contributed by atoms with E-state index in [-0.39, 0.29) is 54.2 Å². The molecular weight excluding hydrogens is 824 g/mol. The number of aliphatic hydroxyl groups excluding tert-OH is 1. The molecule has 0 aliphatic carbocycles. The minimum Gasteiger partial charge on any atom is -0.494 e. The number of benzene rings is 1. The minimum atomic E-state index is -0.801. The number of halogens is 1. The van der Waals surface area contributed by atoms with Crippen LogP contribution in [0.2, 0.25) is 0 Å². The summed E-state index contributed by atoms with van der Waals surface area (Å²) in [6.45, 7) is 14.8. The summed E-state index contributed by atoms with van der Waals surface area (Å²) in [5.74, 6) is -0.0311. The lowest BCUT2D eigenvalue weighted by Crippen LogP contribution is -2.53. The number of amides is 3. The molecule has 1 spiro atoms. The molecule has 4 rings (SSSR count). The smallest absolute Gasteiger partial charge is 0.303 e. The number of hydrazone groups is 1. The third-order valence-electron chi connectivity index (χ3n) is 11.2. The molecule has 14 nitrogen and oxygen atoms in total. The summed E-state index contributed by atoms with van der Waals surface area (Å²) in [4.78, 5) is 48.0. The molecule has 3 aliphatic heterocycles. The Morgan fingerprint density at radius 1 is 1.05 bits per heavy atom. The molecule has 15 heteroatoms. The molecule has 1 aromatic rings. The first kappa shape index (κ1) is 48.0. The second-order valence-corrected chi connectivity index (χ2v) is 17.0. The number of hydrogen-bond donors (Lipinski definition) is 4. The summed E-state index contributed by atoms with van der Waals surface area (Å²) in [6, 6.07) is 7.42. The van der Waals surface area contributed by atoms with Crippen molar-refractivity contribution in [2.75, 3.05) is 25.1 Å². The number of hydrogen-bond acceptors (Lipinski definition) is 11. The van der Waals surface area contributed by atoms with Crippen LogP contribution in [0.4, 0.5) is 0 Å². The zero-order valence-electron chi connectivity index (χ0n) is 35.7. The van der Waals surface area contributed by atoms with E-state index in [1.165, 1.54) is 13.0 Å². The Kier molecular flexibility index (Phi) is 19.0. The topological polar surface area (TPSA) is 186 Å². The lowest BCUT2D eigenvalue weighted by molar-refractivity contribution is -0.173. The lowest BCUT2D eigenvalue weighted by atomic mass is 9.81. The number of nitrogens with one attached hydrogen (secondary N) is 3. The summed E-state index contributed by atoms with van der Waals surface area (Å²) >= 11 is 3.13. The number of ether oxygens (including phenoxy) is 5. The van der Waals surface area contributed by atoms with Gasteiger partial charge in [0.1, 0.15) is 23.6 Å². The van der Waals surface area contributed by atoms with Crippen molar-refractivity contribution in [2.24, 2.45) is 16.9 Å². The molecule has 0 aromatic heterocycles. The number of aliphatic hydroxyl groups is 1. The van der Waals surface area contributed by atoms with E-state index in [2.05, 4.69) is 63.9 Å². The Morgan fingerprint density at radius 2 is 1.78 bits per heavy atom. The average molecular weight is 890 g/mol. The van der Waals surface area contributed by atoms with Crippen LogP contribution in [-0.2, 0) is 38.1 Å². The highest BCUT2D eigenvalue weighted by molar-refractivity contribution is 9.09. The van der Waals surface area contributed by atoms with Gasteiger partial charge < -0.3 is 39.4 Å². The van der Waals surface area contributed by atoms with Gasteiger partial charge in [-0.25, -0.2) is 5.43 Å². The first-order chi connectivity index (χ1) is 28.1. The van der Waals surface area contributed by atoms with Gasteiger partial charge in [-0.15, -0.1) is 0 Å². The zero-order chi connectivity index (χ0) is 43.1. The Morgan fingerprint density at radius 3 is 2.46 bits per heavy atom. The quantitative estimate of drug-likeness (QED) is 0.0181. The molecule has 0 saturated carbocycles. The van der Waals surface area contributed by atoms with Crippen molar-refractivity contribution in [3.63, 3.8) is 0 Å². The Balaban J connectivity index is 1.20. The van der Waals surface area contributed by atoms with Crippen LogP contribution in [0.25, 0.3) is 0 Å². The first-order valence-electron chi connectivity index (χ1n) is 20.9. The van der Waals surface area contributed by atoms with Gasteiger partial charge >= 0.3 is 5.97 Å². The highest BCUT2D eigenvalue weighted by Gasteiger charge is 2.59. The van der Waals surface area contributed by atoms with Gasteiger partial charge in [0.2, 0.25) is 17.7 Å². The number of esters is 1. The van der Waals surface area contributed by atoms with Gasteiger partial charge in [-0.05, 0) is 114 Å². The van der Waals surface area contributed by atoms with Crippen molar-refractivity contribution in [3.05, 3.63) is 53.6 Å². The van der Waals surface area contributed by atoms with E-state index in [0.29, 0.717) is 50.1 Å². The van der Waals surface area contributed by atoms with Gasteiger partial charge in [-0.1, -0.05) is 41.4 Å². The molecule has 4 N–H and O–H groups in total. The second kappa shape index (κ2) is 23.4. The van der Waals surface area contributed by atoms with Gasteiger partial charge in [-0.2, -0.15) is 5.10 Å². The zero-order valence-corrected chi connectivity index (χ0v) is 37.3. The fourth-order valence-electron chi connectivity index (χ4n) is 7.71. The molecule has 1 unspecified atom stereocenters. The maximum absolute atomic E-state index is 13.1. The van der Waals surface area contributed by atoms with E-state index < -0.39 is 36.0 Å². The number of epoxide rings is 1. The predicted octanol–water partition coefficient (Wildman–Crippen LogP) is 5.43. The Bertz CT molecular complexity index is 1650. The van der Waals surface area contributed by atoms with E-state index in [1.54, 1.807) is 13.0 Å². The van der Waals surface area contributed by atoms with E-state index in [1.807, 2.05) is 38.1 Å². The lowest BCUT2D eigenvalue weighted by Gasteiger charge is -2.41. The van der Waals surface area contributed by atoms with Crippen LogP contribution in [0.5, 0.6) is 5.75 Å². The maximum Gasteiger partial charge on any atom is 0.303 e. The second-order valence-electron chi connectivity index (χ2n) is 16.4. The molecule has 328 valence electrons. The number of nitrogens with zero attached hydrogens (tertiary/aromatic N) is 1. The van der Waals surface area contributed by atoms with Crippen LogP contribution in [-0.4, -0.2) is 108 Å². The maximum atomic E-state index is 13.1. The molecule has 0 bridgehead atoms. The highest BCUT2D eigenvalue weighted by atomic mass is 79.9. The van der Waals surface area contributed by atoms with Crippen molar-refractivity contribution >= 4 is 45.3 Å².